The van der Waals surface area contributed by atoms with Crippen molar-refractivity contribution in [1.82, 2.24) is 4.90 Å². The van der Waals surface area contributed by atoms with Gasteiger partial charge in [-0.2, -0.15) is 5.26 Å². The zero-order chi connectivity index (χ0) is 16.8. The van der Waals surface area contributed by atoms with E-state index >= 15 is 0 Å². The SMILES string of the molecule is CC(C)C(C#N)c1c(CCCCN(C)C)ccc2ccccc12. The predicted molar refractivity (Wildman–Crippen MR) is 98.6 cm³/mol. The van der Waals surface area contributed by atoms with Crippen molar-refractivity contribution in [3.8, 4) is 6.07 Å². The van der Waals surface area contributed by atoms with Crippen LogP contribution < -0.4 is 0 Å². The molecule has 1 atom stereocenters. The quantitative estimate of drug-likeness (QED) is 0.674. The molecule has 0 aliphatic carbocycles. The van der Waals surface area contributed by atoms with Gasteiger partial charge in [-0.05, 0) is 67.7 Å². The summed E-state index contributed by atoms with van der Waals surface area (Å²) in [5.74, 6) is 0.288. The third kappa shape index (κ3) is 4.33. The Balaban J connectivity index is 2.37. The summed E-state index contributed by atoms with van der Waals surface area (Å²) in [6, 6.07) is 15.4. The number of rotatable bonds is 7. The van der Waals surface area contributed by atoms with Crippen LogP contribution in [0.5, 0.6) is 0 Å². The Morgan fingerprint density at radius 2 is 1.78 bits per heavy atom. The average molecular weight is 308 g/mol. The van der Waals surface area contributed by atoms with E-state index in [4.69, 9.17) is 0 Å². The van der Waals surface area contributed by atoms with Gasteiger partial charge in [0.25, 0.3) is 0 Å². The Bertz CT molecular complexity index is 680. The molecule has 0 radical (unpaired) electrons. The molecule has 0 fully saturated rings. The topological polar surface area (TPSA) is 27.0 Å². The smallest absolute Gasteiger partial charge is 0.0744 e. The third-order valence-electron chi connectivity index (χ3n) is 4.48. The van der Waals surface area contributed by atoms with Crippen molar-refractivity contribution >= 4 is 10.8 Å². The van der Waals surface area contributed by atoms with Gasteiger partial charge in [0.2, 0.25) is 0 Å². The van der Waals surface area contributed by atoms with E-state index in [-0.39, 0.29) is 5.92 Å². The second-order valence-corrected chi connectivity index (χ2v) is 6.97. The van der Waals surface area contributed by atoms with E-state index in [1.165, 1.54) is 34.7 Å². The van der Waals surface area contributed by atoms with Crippen molar-refractivity contribution in [1.29, 1.82) is 5.26 Å². The summed E-state index contributed by atoms with van der Waals surface area (Å²) in [6.45, 7) is 5.41. The molecular weight excluding hydrogens is 280 g/mol. The molecule has 0 bridgehead atoms. The van der Waals surface area contributed by atoms with E-state index in [2.05, 4.69) is 75.3 Å². The molecule has 0 aromatic heterocycles. The zero-order valence-electron chi connectivity index (χ0n) is 14.8. The Labute approximate surface area is 140 Å². The maximum Gasteiger partial charge on any atom is 0.0744 e. The molecule has 0 aliphatic rings. The van der Waals surface area contributed by atoms with Crippen molar-refractivity contribution in [3.05, 3.63) is 47.5 Å². The van der Waals surface area contributed by atoms with E-state index < -0.39 is 0 Å². The Morgan fingerprint density at radius 3 is 2.43 bits per heavy atom. The number of nitriles is 1. The molecule has 2 nitrogen and oxygen atoms in total. The van der Waals surface area contributed by atoms with Crippen LogP contribution in [0.4, 0.5) is 0 Å². The molecule has 0 N–H and O–H groups in total. The van der Waals surface area contributed by atoms with E-state index in [0.29, 0.717) is 5.92 Å². The van der Waals surface area contributed by atoms with Gasteiger partial charge in [-0.25, -0.2) is 0 Å². The van der Waals surface area contributed by atoms with Crippen LogP contribution in [0, 0.1) is 17.2 Å². The van der Waals surface area contributed by atoms with Crippen molar-refractivity contribution in [3.63, 3.8) is 0 Å². The van der Waals surface area contributed by atoms with Crippen LogP contribution in [0.15, 0.2) is 36.4 Å². The van der Waals surface area contributed by atoms with Crippen LogP contribution >= 0.6 is 0 Å². The van der Waals surface area contributed by atoms with Crippen LogP contribution in [0.25, 0.3) is 10.8 Å². The van der Waals surface area contributed by atoms with Gasteiger partial charge in [-0.15, -0.1) is 0 Å². The molecule has 0 heterocycles. The Kier molecular flexibility index (Phi) is 6.19. The minimum Gasteiger partial charge on any atom is -0.309 e. The predicted octanol–water partition coefficient (Wildman–Crippen LogP) is 4.99. The van der Waals surface area contributed by atoms with Gasteiger partial charge >= 0.3 is 0 Å². The lowest BCUT2D eigenvalue weighted by molar-refractivity contribution is 0.394. The summed E-state index contributed by atoms with van der Waals surface area (Å²) in [5.41, 5.74) is 2.60. The first-order valence-corrected chi connectivity index (χ1v) is 8.59. The summed E-state index contributed by atoms with van der Waals surface area (Å²) in [5, 5.41) is 12.2. The van der Waals surface area contributed by atoms with E-state index in [1.54, 1.807) is 0 Å². The minimum absolute atomic E-state index is 0.0371. The van der Waals surface area contributed by atoms with E-state index in [1.807, 2.05) is 0 Å². The number of hydrogen-bond acceptors (Lipinski definition) is 2. The fourth-order valence-electron chi connectivity index (χ4n) is 3.22. The number of fused-ring (bicyclic) bond motifs is 1. The van der Waals surface area contributed by atoms with Crippen molar-refractivity contribution in [2.45, 2.75) is 39.0 Å². The zero-order valence-corrected chi connectivity index (χ0v) is 14.8. The molecule has 23 heavy (non-hydrogen) atoms. The molecule has 122 valence electrons. The largest absolute Gasteiger partial charge is 0.309 e. The number of unbranched alkanes of at least 4 members (excludes halogenated alkanes) is 1. The maximum absolute atomic E-state index is 9.72. The maximum atomic E-state index is 9.72. The van der Waals surface area contributed by atoms with Crippen LogP contribution in [0.2, 0.25) is 0 Å². The highest BCUT2D eigenvalue weighted by Crippen LogP contribution is 2.34. The first kappa shape index (κ1) is 17.5. The highest BCUT2D eigenvalue weighted by Gasteiger charge is 2.21. The Morgan fingerprint density at radius 1 is 1.04 bits per heavy atom. The first-order chi connectivity index (χ1) is 11.0. The second-order valence-electron chi connectivity index (χ2n) is 6.97. The molecular formula is C21H28N2. The van der Waals surface area contributed by atoms with Crippen LogP contribution in [-0.4, -0.2) is 25.5 Å². The number of hydrogen-bond donors (Lipinski definition) is 0. The summed E-state index contributed by atoms with van der Waals surface area (Å²) in [7, 11) is 4.23. The molecule has 2 rings (SSSR count). The molecule has 2 heteroatoms. The van der Waals surface area contributed by atoms with Crippen LogP contribution in [0.1, 0.15) is 43.7 Å². The summed E-state index contributed by atoms with van der Waals surface area (Å²) in [6.07, 6.45) is 3.41. The van der Waals surface area contributed by atoms with Gasteiger partial charge in [0.1, 0.15) is 0 Å². The standard InChI is InChI=1S/C21H28N2/c1-16(2)20(15-22)21-18(10-7-8-14-23(3)4)13-12-17-9-5-6-11-19(17)21/h5-6,9,11-13,16,20H,7-8,10,14H2,1-4H3. The van der Waals surface area contributed by atoms with Gasteiger partial charge in [0, 0.05) is 0 Å². The molecule has 0 saturated carbocycles. The van der Waals surface area contributed by atoms with Crippen molar-refractivity contribution < 1.29 is 0 Å². The minimum atomic E-state index is -0.0371. The lowest BCUT2D eigenvalue weighted by Gasteiger charge is -2.20. The molecule has 0 spiro atoms. The average Bonchev–Trinajstić information content (AvgIpc) is 2.52. The Hall–Kier alpha value is -1.85. The van der Waals surface area contributed by atoms with Gasteiger partial charge < -0.3 is 4.90 Å². The molecule has 1 unspecified atom stereocenters. The normalized spacial score (nSPS) is 12.7. The van der Waals surface area contributed by atoms with Crippen molar-refractivity contribution in [2.75, 3.05) is 20.6 Å². The van der Waals surface area contributed by atoms with E-state index in [0.717, 1.165) is 13.0 Å². The highest BCUT2D eigenvalue weighted by atomic mass is 15.0. The first-order valence-electron chi connectivity index (χ1n) is 8.59. The molecule has 2 aromatic carbocycles. The summed E-state index contributed by atoms with van der Waals surface area (Å²) >= 11 is 0. The number of nitrogens with zero attached hydrogens (tertiary/aromatic N) is 2. The van der Waals surface area contributed by atoms with Gasteiger partial charge in [0.05, 0.1) is 12.0 Å². The molecule has 0 saturated heterocycles. The molecule has 0 amide bonds. The van der Waals surface area contributed by atoms with Crippen LogP contribution in [0.3, 0.4) is 0 Å². The highest BCUT2D eigenvalue weighted by molar-refractivity contribution is 5.87. The van der Waals surface area contributed by atoms with Gasteiger partial charge in [-0.3, -0.25) is 0 Å². The molecule has 2 aromatic rings. The van der Waals surface area contributed by atoms with Crippen LogP contribution in [-0.2, 0) is 6.42 Å². The lowest BCUT2D eigenvalue weighted by atomic mass is 9.82. The monoisotopic (exact) mass is 308 g/mol. The second kappa shape index (κ2) is 8.13. The number of aryl methyl sites for hydroxylation is 1. The fourth-order valence-corrected chi connectivity index (χ4v) is 3.22. The lowest BCUT2D eigenvalue weighted by Crippen LogP contribution is -2.13. The fraction of sp³-hybridized carbons (Fsp3) is 0.476. The van der Waals surface area contributed by atoms with E-state index in [9.17, 15) is 5.26 Å². The molecule has 0 aliphatic heterocycles. The summed E-state index contributed by atoms with van der Waals surface area (Å²) < 4.78 is 0. The van der Waals surface area contributed by atoms with Gasteiger partial charge in [-0.1, -0.05) is 50.2 Å². The van der Waals surface area contributed by atoms with Crippen molar-refractivity contribution in [2.24, 2.45) is 5.92 Å². The number of benzene rings is 2. The summed E-state index contributed by atoms with van der Waals surface area (Å²) in [4.78, 5) is 2.23. The van der Waals surface area contributed by atoms with Gasteiger partial charge in [0.15, 0.2) is 0 Å². The third-order valence-corrected chi connectivity index (χ3v) is 4.48.